The molecule has 224 valence electrons. The van der Waals surface area contributed by atoms with Crippen molar-refractivity contribution in [2.24, 2.45) is 0 Å². The molecule has 0 bridgehead atoms. The Morgan fingerprint density at radius 1 is 0.721 bits per heavy atom. The summed E-state index contributed by atoms with van der Waals surface area (Å²) in [6.45, 7) is 0.950. The van der Waals surface area contributed by atoms with E-state index >= 15 is 0 Å². The molecule has 0 heterocycles. The van der Waals surface area contributed by atoms with Crippen LogP contribution in [0.4, 0.5) is 10.1 Å². The van der Waals surface area contributed by atoms with Crippen LogP contribution in [0.25, 0.3) is 0 Å². The Labute approximate surface area is 251 Å². The fourth-order valence-electron chi connectivity index (χ4n) is 4.28. The number of amides is 2. The minimum atomic E-state index is -3.72. The number of nitrogens with one attached hydrogen (secondary N) is 3. The Bertz CT molecular complexity index is 1600. The molecule has 0 aliphatic carbocycles. The summed E-state index contributed by atoms with van der Waals surface area (Å²) in [5.74, 6) is -1.11. The van der Waals surface area contributed by atoms with E-state index < -0.39 is 10.0 Å². The van der Waals surface area contributed by atoms with Crippen molar-refractivity contribution in [3.63, 3.8) is 0 Å². The largest absolute Gasteiger partial charge is 0.367 e. The summed E-state index contributed by atoms with van der Waals surface area (Å²) in [5.41, 5.74) is 3.89. The number of hydrogen-bond acceptors (Lipinski definition) is 5. The fraction of sp³-hybridized carbons (Fsp3) is 0.212. The fourth-order valence-corrected chi connectivity index (χ4v) is 5.50. The Kier molecular flexibility index (Phi) is 11.4. The van der Waals surface area contributed by atoms with Crippen LogP contribution >= 0.6 is 0 Å². The zero-order valence-electron chi connectivity index (χ0n) is 23.6. The maximum absolute atomic E-state index is 12.9. The van der Waals surface area contributed by atoms with E-state index in [0.29, 0.717) is 12.1 Å². The lowest BCUT2D eigenvalue weighted by atomic mass is 10.1. The molecule has 0 aliphatic rings. The summed E-state index contributed by atoms with van der Waals surface area (Å²) in [6.07, 6.45) is 1.51. The lowest BCUT2D eigenvalue weighted by molar-refractivity contribution is -0.126. The van der Waals surface area contributed by atoms with Gasteiger partial charge in [-0.3, -0.25) is 14.3 Å². The number of hydrogen-bond donors (Lipinski definition) is 3. The van der Waals surface area contributed by atoms with Crippen LogP contribution < -0.4 is 15.4 Å². The molecule has 0 atom stereocenters. The Morgan fingerprint density at radius 3 is 2.12 bits per heavy atom. The first-order chi connectivity index (χ1) is 20.8. The van der Waals surface area contributed by atoms with Crippen molar-refractivity contribution in [3.05, 3.63) is 137 Å². The first kappa shape index (κ1) is 31.4. The van der Waals surface area contributed by atoms with Gasteiger partial charge in [0.1, 0.15) is 12.4 Å². The zero-order chi connectivity index (χ0) is 30.5. The highest BCUT2D eigenvalue weighted by Gasteiger charge is 2.17. The van der Waals surface area contributed by atoms with E-state index in [1.807, 2.05) is 30.3 Å². The van der Waals surface area contributed by atoms with Crippen molar-refractivity contribution >= 4 is 27.5 Å². The van der Waals surface area contributed by atoms with Gasteiger partial charge in [-0.2, -0.15) is 0 Å². The third-order valence-corrected chi connectivity index (χ3v) is 7.74. The third-order valence-electron chi connectivity index (χ3n) is 6.49. The number of carbonyl (C=O) groups is 2. The summed E-state index contributed by atoms with van der Waals surface area (Å²) < 4.78 is 46.3. The lowest BCUT2D eigenvalue weighted by Gasteiger charge is -2.13. The number of anilines is 1. The van der Waals surface area contributed by atoms with Gasteiger partial charge in [-0.05, 0) is 59.4 Å². The molecule has 3 N–H and O–H groups in total. The van der Waals surface area contributed by atoms with E-state index in [2.05, 4.69) is 15.4 Å². The number of sulfonamides is 1. The molecule has 0 radical (unpaired) electrons. The standard InChI is InChI=1S/C33H34FN3O5S/c34-29-18-16-27(17-19-29)22-42-23-32(38)35-20-6-9-25-12-14-26(15-13-25)21-36-33(39)30-10-4-5-11-31(30)37-43(40,41)24-28-7-2-1-3-8-28/h1-5,7-8,10-19,37H,6,9,20-24H2,(H,35,38)(H,36,39). The van der Waals surface area contributed by atoms with Crippen molar-refractivity contribution in [3.8, 4) is 0 Å². The molecule has 2 amide bonds. The van der Waals surface area contributed by atoms with Gasteiger partial charge in [0.2, 0.25) is 15.9 Å². The average Bonchev–Trinajstić information content (AvgIpc) is 3.00. The Morgan fingerprint density at radius 2 is 1.37 bits per heavy atom. The molecule has 10 heteroatoms. The molecule has 43 heavy (non-hydrogen) atoms. The van der Waals surface area contributed by atoms with Crippen LogP contribution in [0.2, 0.25) is 0 Å². The van der Waals surface area contributed by atoms with Crippen LogP contribution in [-0.4, -0.2) is 33.4 Å². The van der Waals surface area contributed by atoms with Crippen LogP contribution in [0.1, 0.15) is 39.0 Å². The molecule has 0 spiro atoms. The molecule has 4 aromatic carbocycles. The van der Waals surface area contributed by atoms with Gasteiger partial charge in [0.05, 0.1) is 23.6 Å². The second-order valence-corrected chi connectivity index (χ2v) is 11.7. The molecule has 0 saturated heterocycles. The molecule has 8 nitrogen and oxygen atoms in total. The molecule has 0 unspecified atom stereocenters. The number of benzene rings is 4. The summed E-state index contributed by atoms with van der Waals surface area (Å²) in [4.78, 5) is 24.9. The van der Waals surface area contributed by atoms with Gasteiger partial charge >= 0.3 is 0 Å². The number of halogens is 1. The monoisotopic (exact) mass is 603 g/mol. The highest BCUT2D eigenvalue weighted by atomic mass is 32.2. The summed E-state index contributed by atoms with van der Waals surface area (Å²) in [6, 6.07) is 29.1. The van der Waals surface area contributed by atoms with Gasteiger partial charge in [0.25, 0.3) is 5.91 Å². The molecule has 4 rings (SSSR count). The average molecular weight is 604 g/mol. The highest BCUT2D eigenvalue weighted by Crippen LogP contribution is 2.19. The number of ether oxygens (including phenoxy) is 1. The maximum Gasteiger partial charge on any atom is 0.253 e. The van der Waals surface area contributed by atoms with Crippen molar-refractivity contribution < 1.29 is 27.1 Å². The van der Waals surface area contributed by atoms with Crippen LogP contribution in [0, 0.1) is 5.82 Å². The van der Waals surface area contributed by atoms with Crippen molar-refractivity contribution in [2.75, 3.05) is 17.9 Å². The predicted octanol–water partition coefficient (Wildman–Crippen LogP) is 4.96. The van der Waals surface area contributed by atoms with Gasteiger partial charge in [-0.1, -0.05) is 78.9 Å². The number of aryl methyl sites for hydroxylation is 1. The van der Waals surface area contributed by atoms with Gasteiger partial charge in [0, 0.05) is 13.1 Å². The second kappa shape index (κ2) is 15.6. The van der Waals surface area contributed by atoms with E-state index in [4.69, 9.17) is 4.74 Å². The van der Waals surface area contributed by atoms with E-state index in [1.54, 1.807) is 60.7 Å². The van der Waals surface area contributed by atoms with E-state index in [0.717, 1.165) is 29.5 Å². The summed E-state index contributed by atoms with van der Waals surface area (Å²) in [5, 5.41) is 5.68. The van der Waals surface area contributed by atoms with Gasteiger partial charge in [-0.15, -0.1) is 0 Å². The molecular formula is C33H34FN3O5S. The topological polar surface area (TPSA) is 114 Å². The number of rotatable bonds is 15. The molecular weight excluding hydrogens is 569 g/mol. The van der Waals surface area contributed by atoms with Gasteiger partial charge in [0.15, 0.2) is 0 Å². The molecule has 0 fully saturated rings. The number of para-hydroxylation sites is 1. The van der Waals surface area contributed by atoms with Crippen LogP contribution in [-0.2, 0) is 44.9 Å². The van der Waals surface area contributed by atoms with Crippen LogP contribution in [0.15, 0.2) is 103 Å². The first-order valence-corrected chi connectivity index (χ1v) is 15.5. The Balaban J connectivity index is 1.17. The number of carbonyl (C=O) groups excluding carboxylic acids is 2. The minimum Gasteiger partial charge on any atom is -0.367 e. The van der Waals surface area contributed by atoms with Crippen molar-refractivity contribution in [1.82, 2.24) is 10.6 Å². The smallest absolute Gasteiger partial charge is 0.253 e. The summed E-state index contributed by atoms with van der Waals surface area (Å²) in [7, 11) is -3.72. The molecule has 0 aliphatic heterocycles. The Hall–Kier alpha value is -4.54. The van der Waals surface area contributed by atoms with Crippen molar-refractivity contribution in [2.45, 2.75) is 31.7 Å². The highest BCUT2D eigenvalue weighted by molar-refractivity contribution is 7.91. The van der Waals surface area contributed by atoms with E-state index in [-0.39, 0.29) is 54.4 Å². The SMILES string of the molecule is O=C(COCc1ccc(F)cc1)NCCCc1ccc(CNC(=O)c2ccccc2NS(=O)(=O)Cc2ccccc2)cc1. The van der Waals surface area contributed by atoms with Crippen LogP contribution in [0.3, 0.4) is 0 Å². The first-order valence-electron chi connectivity index (χ1n) is 13.9. The zero-order valence-corrected chi connectivity index (χ0v) is 24.4. The maximum atomic E-state index is 12.9. The quantitative estimate of drug-likeness (QED) is 0.166. The molecule has 0 aromatic heterocycles. The predicted molar refractivity (Wildman–Crippen MR) is 164 cm³/mol. The normalized spacial score (nSPS) is 11.1. The van der Waals surface area contributed by atoms with Crippen molar-refractivity contribution in [1.29, 1.82) is 0 Å². The second-order valence-electron chi connectivity index (χ2n) is 9.96. The molecule has 4 aromatic rings. The van der Waals surface area contributed by atoms with Crippen LogP contribution in [0.5, 0.6) is 0 Å². The minimum absolute atomic E-state index is 0.0676. The van der Waals surface area contributed by atoms with Gasteiger partial charge in [-0.25, -0.2) is 12.8 Å². The molecule has 0 saturated carbocycles. The van der Waals surface area contributed by atoms with Gasteiger partial charge < -0.3 is 15.4 Å². The lowest BCUT2D eigenvalue weighted by Crippen LogP contribution is -2.28. The summed E-state index contributed by atoms with van der Waals surface area (Å²) >= 11 is 0. The van der Waals surface area contributed by atoms with E-state index in [9.17, 15) is 22.4 Å². The van der Waals surface area contributed by atoms with E-state index in [1.165, 1.54) is 12.1 Å². The third kappa shape index (κ3) is 10.7.